The molecule has 0 atom stereocenters. The summed E-state index contributed by atoms with van der Waals surface area (Å²) in [5.41, 5.74) is 0.0347. The van der Waals surface area contributed by atoms with Gasteiger partial charge in [-0.2, -0.15) is 18.3 Å². The highest BCUT2D eigenvalue weighted by Gasteiger charge is 2.34. The van der Waals surface area contributed by atoms with Crippen LogP contribution in [0.4, 0.5) is 13.2 Å². The fraction of sp³-hybridized carbons (Fsp3) is 0.556. The first-order chi connectivity index (χ1) is 7.66. The van der Waals surface area contributed by atoms with E-state index in [1.165, 1.54) is 6.20 Å². The van der Waals surface area contributed by atoms with Crippen molar-refractivity contribution in [3.05, 3.63) is 18.0 Å². The molecule has 0 aliphatic carbocycles. The van der Waals surface area contributed by atoms with Gasteiger partial charge in [-0.25, -0.2) is 5.84 Å². The second kappa shape index (κ2) is 4.36. The van der Waals surface area contributed by atoms with Gasteiger partial charge in [0.1, 0.15) is 0 Å². The van der Waals surface area contributed by atoms with Crippen LogP contribution in [0.25, 0.3) is 0 Å². The highest BCUT2D eigenvalue weighted by Crippen LogP contribution is 2.28. The van der Waals surface area contributed by atoms with Crippen molar-refractivity contribution in [2.24, 2.45) is 11.3 Å². The zero-order chi connectivity index (χ0) is 13.3. The van der Waals surface area contributed by atoms with Crippen molar-refractivity contribution in [3.8, 4) is 0 Å². The van der Waals surface area contributed by atoms with Gasteiger partial charge in [-0.05, 0) is 19.9 Å². The summed E-state index contributed by atoms with van der Waals surface area (Å²) in [6.07, 6.45) is -3.31. The van der Waals surface area contributed by atoms with Crippen molar-refractivity contribution in [1.29, 1.82) is 0 Å². The minimum atomic E-state index is -4.48. The monoisotopic (exact) mass is 250 g/mol. The van der Waals surface area contributed by atoms with E-state index in [0.29, 0.717) is 0 Å². The molecule has 1 aromatic heterocycles. The van der Waals surface area contributed by atoms with Crippen molar-refractivity contribution in [3.63, 3.8) is 0 Å². The Morgan fingerprint density at radius 3 is 2.53 bits per heavy atom. The van der Waals surface area contributed by atoms with Crippen molar-refractivity contribution >= 4 is 5.91 Å². The summed E-state index contributed by atoms with van der Waals surface area (Å²) in [5, 5.41) is 3.35. The Hall–Kier alpha value is -1.57. The third-order valence-electron chi connectivity index (χ3n) is 2.23. The Balaban J connectivity index is 2.83. The van der Waals surface area contributed by atoms with Crippen LogP contribution in [0.3, 0.4) is 0 Å². The number of amides is 1. The second-order valence-electron chi connectivity index (χ2n) is 4.25. The van der Waals surface area contributed by atoms with Crippen LogP contribution >= 0.6 is 0 Å². The molecule has 0 unspecified atom stereocenters. The molecule has 0 spiro atoms. The summed E-state index contributed by atoms with van der Waals surface area (Å²) >= 11 is 0. The van der Waals surface area contributed by atoms with Gasteiger partial charge in [-0.1, -0.05) is 0 Å². The predicted molar refractivity (Wildman–Crippen MR) is 53.3 cm³/mol. The summed E-state index contributed by atoms with van der Waals surface area (Å²) in [4.78, 5) is 11.3. The van der Waals surface area contributed by atoms with Gasteiger partial charge in [0.2, 0.25) is 5.91 Å². The number of aromatic nitrogens is 2. The van der Waals surface area contributed by atoms with E-state index in [0.717, 1.165) is 10.7 Å². The van der Waals surface area contributed by atoms with Gasteiger partial charge in [0.25, 0.3) is 0 Å². The minimum Gasteiger partial charge on any atom is -0.294 e. The summed E-state index contributed by atoms with van der Waals surface area (Å²) in [6, 6.07) is 0.858. The van der Waals surface area contributed by atoms with E-state index < -0.39 is 23.2 Å². The predicted octanol–water partition coefficient (Wildman–Crippen LogP) is 0.918. The van der Waals surface area contributed by atoms with E-state index >= 15 is 0 Å². The first-order valence-corrected chi connectivity index (χ1v) is 4.78. The van der Waals surface area contributed by atoms with Crippen LogP contribution in [0.15, 0.2) is 12.3 Å². The molecule has 1 heterocycles. The number of hydrazine groups is 1. The third-order valence-corrected chi connectivity index (χ3v) is 2.23. The van der Waals surface area contributed by atoms with Crippen molar-refractivity contribution < 1.29 is 18.0 Å². The third kappa shape index (κ3) is 3.19. The van der Waals surface area contributed by atoms with E-state index in [2.05, 4.69) is 5.10 Å². The lowest BCUT2D eigenvalue weighted by Crippen LogP contribution is -2.43. The molecule has 0 aromatic carbocycles. The highest BCUT2D eigenvalue weighted by atomic mass is 19.4. The van der Waals surface area contributed by atoms with Gasteiger partial charge >= 0.3 is 6.18 Å². The number of carbonyl (C=O) groups excluding carboxylic acids is 1. The van der Waals surface area contributed by atoms with Crippen molar-refractivity contribution in [2.45, 2.75) is 26.6 Å². The molecule has 0 saturated carbocycles. The molecule has 1 amide bonds. The summed E-state index contributed by atoms with van der Waals surface area (Å²) in [5.74, 6) is 4.51. The van der Waals surface area contributed by atoms with E-state index in [1.54, 1.807) is 13.8 Å². The number of halogens is 3. The molecule has 8 heteroatoms. The fourth-order valence-corrected chi connectivity index (χ4v) is 1.27. The number of nitrogens with one attached hydrogen (secondary N) is 1. The van der Waals surface area contributed by atoms with Crippen LogP contribution in [-0.2, 0) is 17.5 Å². The largest absolute Gasteiger partial charge is 0.435 e. The van der Waals surface area contributed by atoms with Crippen LogP contribution in [-0.4, -0.2) is 15.7 Å². The number of carbonyl (C=O) groups is 1. The molecule has 0 aliphatic rings. The average Bonchev–Trinajstić information content (AvgIpc) is 2.63. The van der Waals surface area contributed by atoms with Crippen LogP contribution in [0, 0.1) is 5.41 Å². The molecule has 0 fully saturated rings. The van der Waals surface area contributed by atoms with Crippen LogP contribution < -0.4 is 11.3 Å². The fourth-order valence-electron chi connectivity index (χ4n) is 1.27. The van der Waals surface area contributed by atoms with Gasteiger partial charge in [-0.15, -0.1) is 0 Å². The molecule has 0 radical (unpaired) electrons. The first kappa shape index (κ1) is 13.5. The number of hydrogen-bond acceptors (Lipinski definition) is 3. The number of rotatable bonds is 3. The minimum absolute atomic E-state index is 0.00606. The van der Waals surface area contributed by atoms with Crippen LogP contribution in [0.5, 0.6) is 0 Å². The number of nitrogens with zero attached hydrogens (tertiary/aromatic N) is 2. The SMILES string of the molecule is CC(C)(Cn1ccc(C(F)(F)F)n1)C(=O)NN. The second-order valence-corrected chi connectivity index (χ2v) is 4.25. The standard InChI is InChI=1S/C9H13F3N4O/c1-8(2,7(17)14-13)5-16-4-3-6(15-16)9(10,11)12/h3-4H,5,13H2,1-2H3,(H,14,17). The molecule has 5 nitrogen and oxygen atoms in total. The maximum absolute atomic E-state index is 12.3. The van der Waals surface area contributed by atoms with Crippen molar-refractivity contribution in [2.75, 3.05) is 0 Å². The maximum Gasteiger partial charge on any atom is 0.435 e. The molecule has 1 rings (SSSR count). The molecule has 96 valence electrons. The zero-order valence-electron chi connectivity index (χ0n) is 9.38. The molecule has 0 saturated heterocycles. The summed E-state index contributed by atoms with van der Waals surface area (Å²) < 4.78 is 37.9. The van der Waals surface area contributed by atoms with Gasteiger partial charge < -0.3 is 0 Å². The number of alkyl halides is 3. The normalized spacial score (nSPS) is 12.6. The number of nitrogens with two attached hydrogens (primary N) is 1. The average molecular weight is 250 g/mol. The number of hydrogen-bond donors (Lipinski definition) is 2. The van der Waals surface area contributed by atoms with Crippen molar-refractivity contribution in [1.82, 2.24) is 15.2 Å². The Bertz CT molecular complexity index is 411. The van der Waals surface area contributed by atoms with Crippen LogP contribution in [0.1, 0.15) is 19.5 Å². The summed E-state index contributed by atoms with van der Waals surface area (Å²) in [6.45, 7) is 3.13. The smallest absolute Gasteiger partial charge is 0.294 e. The molecular weight excluding hydrogens is 237 g/mol. The molecule has 0 bridgehead atoms. The van der Waals surface area contributed by atoms with E-state index in [-0.39, 0.29) is 6.54 Å². The molecule has 17 heavy (non-hydrogen) atoms. The maximum atomic E-state index is 12.3. The lowest BCUT2D eigenvalue weighted by atomic mass is 9.93. The molecular formula is C9H13F3N4O. The Labute approximate surface area is 95.7 Å². The van der Waals surface area contributed by atoms with E-state index in [9.17, 15) is 18.0 Å². The van der Waals surface area contributed by atoms with Crippen LogP contribution in [0.2, 0.25) is 0 Å². The van der Waals surface area contributed by atoms with Gasteiger partial charge in [0.05, 0.1) is 12.0 Å². The lowest BCUT2D eigenvalue weighted by Gasteiger charge is -2.21. The lowest BCUT2D eigenvalue weighted by molar-refractivity contribution is -0.141. The van der Waals surface area contributed by atoms with E-state index in [4.69, 9.17) is 5.84 Å². The Morgan fingerprint density at radius 2 is 2.12 bits per heavy atom. The molecule has 3 N–H and O–H groups in total. The molecule has 0 aliphatic heterocycles. The quantitative estimate of drug-likeness (QED) is 0.476. The Kier molecular flexibility index (Phi) is 3.46. The zero-order valence-corrected chi connectivity index (χ0v) is 9.38. The van der Waals surface area contributed by atoms with Gasteiger partial charge in [0, 0.05) is 6.20 Å². The topological polar surface area (TPSA) is 72.9 Å². The Morgan fingerprint density at radius 1 is 1.53 bits per heavy atom. The van der Waals surface area contributed by atoms with Gasteiger partial charge in [-0.3, -0.25) is 14.9 Å². The summed E-state index contributed by atoms with van der Waals surface area (Å²) in [7, 11) is 0. The molecule has 1 aromatic rings. The van der Waals surface area contributed by atoms with Gasteiger partial charge in [0.15, 0.2) is 5.69 Å². The van der Waals surface area contributed by atoms with E-state index in [1.807, 2.05) is 5.43 Å². The highest BCUT2D eigenvalue weighted by molar-refractivity contribution is 5.81. The first-order valence-electron chi connectivity index (χ1n) is 4.78.